The zero-order valence-corrected chi connectivity index (χ0v) is 13.0. The highest BCUT2D eigenvalue weighted by Gasteiger charge is 2.41. The average molecular weight is 291 g/mol. The molecule has 0 spiro atoms. The van der Waals surface area contributed by atoms with E-state index < -0.39 is 14.1 Å². The van der Waals surface area contributed by atoms with Gasteiger partial charge >= 0.3 is 14.1 Å². The number of hydrogen-bond acceptors (Lipinski definition) is 4. The Labute approximate surface area is 115 Å². The van der Waals surface area contributed by atoms with Gasteiger partial charge in [0.1, 0.15) is 6.04 Å². The second-order valence-electron chi connectivity index (χ2n) is 5.02. The normalized spacial score (nSPS) is 22.6. The second kappa shape index (κ2) is 7.90. The van der Waals surface area contributed by atoms with E-state index in [-0.39, 0.29) is 18.1 Å². The Morgan fingerprint density at radius 3 is 2.74 bits per heavy atom. The minimum absolute atomic E-state index is 0.162. The Bertz CT molecular complexity index is 325. The topological polar surface area (TPSA) is 67.9 Å². The van der Waals surface area contributed by atoms with Gasteiger partial charge in [0.15, 0.2) is 0 Å². The van der Waals surface area contributed by atoms with Crippen molar-refractivity contribution in [3.63, 3.8) is 0 Å². The molecule has 0 aromatic carbocycles. The molecule has 0 saturated carbocycles. The molecule has 0 amide bonds. The molecule has 0 aromatic rings. The van der Waals surface area contributed by atoms with Crippen molar-refractivity contribution in [3.05, 3.63) is 0 Å². The zero-order chi connectivity index (χ0) is 14.4. The van der Waals surface area contributed by atoms with E-state index in [2.05, 4.69) is 5.09 Å². The molecule has 6 nitrogen and oxygen atoms in total. The molecule has 19 heavy (non-hydrogen) atoms. The van der Waals surface area contributed by atoms with E-state index in [9.17, 15) is 9.36 Å². The van der Waals surface area contributed by atoms with Gasteiger partial charge in [0.2, 0.25) is 0 Å². The molecule has 1 aliphatic heterocycles. The number of carbonyl (C=O) groups excluding carboxylic acids is 1. The van der Waals surface area contributed by atoms with Gasteiger partial charge in [-0.3, -0.25) is 4.79 Å². The summed E-state index contributed by atoms with van der Waals surface area (Å²) >= 11 is 0. The Morgan fingerprint density at radius 2 is 2.16 bits per heavy atom. The maximum absolute atomic E-state index is 12.2. The van der Waals surface area contributed by atoms with Gasteiger partial charge in [0.25, 0.3) is 0 Å². The van der Waals surface area contributed by atoms with E-state index >= 15 is 0 Å². The average Bonchev–Trinajstić information content (AvgIpc) is 2.76. The molecule has 0 aromatic heterocycles. The fourth-order valence-electron chi connectivity index (χ4n) is 2.05. The van der Waals surface area contributed by atoms with Crippen molar-refractivity contribution in [1.82, 2.24) is 9.76 Å². The van der Waals surface area contributed by atoms with Gasteiger partial charge in [0, 0.05) is 13.7 Å². The Balaban J connectivity index is 2.47. The molecule has 0 aliphatic carbocycles. The number of methoxy groups -OCH3 is 1. The van der Waals surface area contributed by atoms with Crippen molar-refractivity contribution in [2.75, 3.05) is 20.3 Å². The summed E-state index contributed by atoms with van der Waals surface area (Å²) in [5.41, 5.74) is 0. The van der Waals surface area contributed by atoms with Crippen LogP contribution in [0.2, 0.25) is 0 Å². The van der Waals surface area contributed by atoms with E-state index in [0.29, 0.717) is 6.61 Å². The highest BCUT2D eigenvalue weighted by atomic mass is 31.1. The maximum atomic E-state index is 12.2. The summed E-state index contributed by atoms with van der Waals surface area (Å²) in [5.74, 6) is -0.374. The predicted octanol–water partition coefficient (Wildman–Crippen LogP) is 1.68. The molecule has 110 valence electrons. The molecule has 1 aliphatic rings. The summed E-state index contributed by atoms with van der Waals surface area (Å²) in [6.45, 7) is 6.58. The summed E-state index contributed by atoms with van der Waals surface area (Å²) in [7, 11) is -0.138. The third-order valence-electron chi connectivity index (χ3n) is 2.95. The van der Waals surface area contributed by atoms with E-state index in [1.54, 1.807) is 27.9 Å². The molecule has 1 saturated heterocycles. The number of esters is 1. The van der Waals surface area contributed by atoms with Gasteiger partial charge in [-0.25, -0.2) is 0 Å². The van der Waals surface area contributed by atoms with Crippen LogP contribution in [0.4, 0.5) is 0 Å². The zero-order valence-electron chi connectivity index (χ0n) is 12.1. The third-order valence-corrected chi connectivity index (χ3v) is 4.55. The lowest BCUT2D eigenvalue weighted by atomic mass is 10.2. The number of rotatable bonds is 7. The molecular weight excluding hydrogens is 267 g/mol. The monoisotopic (exact) mass is 291 g/mol. The Kier molecular flexibility index (Phi) is 6.86. The van der Waals surface area contributed by atoms with Crippen LogP contribution < -0.4 is 5.09 Å². The van der Waals surface area contributed by atoms with Crippen molar-refractivity contribution in [3.8, 4) is 0 Å². The smallest absolute Gasteiger partial charge is 0.462 e. The highest BCUT2D eigenvalue weighted by Crippen LogP contribution is 2.33. The first-order valence-electron chi connectivity index (χ1n) is 6.65. The number of hydrogen-bond donors (Lipinski definition) is 1. The van der Waals surface area contributed by atoms with Crippen molar-refractivity contribution in [2.45, 2.75) is 51.8 Å². The molecule has 1 heterocycles. The summed E-state index contributed by atoms with van der Waals surface area (Å²) in [5, 5.41) is 2.82. The van der Waals surface area contributed by atoms with Crippen LogP contribution in [-0.2, 0) is 18.8 Å². The molecule has 0 bridgehead atoms. The summed E-state index contributed by atoms with van der Waals surface area (Å²) < 4.78 is 24.3. The minimum atomic E-state index is -1.78. The van der Waals surface area contributed by atoms with Crippen molar-refractivity contribution in [1.29, 1.82) is 0 Å². The van der Waals surface area contributed by atoms with E-state index in [1.165, 1.54) is 0 Å². The van der Waals surface area contributed by atoms with E-state index in [0.717, 1.165) is 19.4 Å². The molecule has 7 heteroatoms. The van der Waals surface area contributed by atoms with Crippen molar-refractivity contribution in [2.24, 2.45) is 0 Å². The van der Waals surface area contributed by atoms with Gasteiger partial charge in [-0.15, -0.1) is 0 Å². The van der Waals surface area contributed by atoms with Gasteiger partial charge in [-0.05, 0) is 38.2 Å². The largest absolute Gasteiger partial charge is 0.536 e. The molecule has 3 atom stereocenters. The summed E-state index contributed by atoms with van der Waals surface area (Å²) in [6.07, 6.45) is 1.81. The van der Waals surface area contributed by atoms with Crippen LogP contribution in [0.3, 0.4) is 0 Å². The standard InChI is InChI=1S/C12H24N2O4P/c1-9(2)18-12(15)10(3)13-19(16)14-7-5-6-11(14)8-17-4/h9-11H,5-8H2,1-4H3,(H,13,16)/q+1. The van der Waals surface area contributed by atoms with Crippen LogP contribution in [-0.4, -0.2) is 49.1 Å². The maximum Gasteiger partial charge on any atom is 0.536 e. The highest BCUT2D eigenvalue weighted by molar-refractivity contribution is 7.39. The molecule has 1 rings (SSSR count). The molecule has 1 N–H and O–H groups in total. The fourth-order valence-corrected chi connectivity index (χ4v) is 3.44. The fraction of sp³-hybridized carbons (Fsp3) is 0.917. The van der Waals surface area contributed by atoms with Crippen LogP contribution >= 0.6 is 8.10 Å². The predicted molar refractivity (Wildman–Crippen MR) is 73.0 cm³/mol. The minimum Gasteiger partial charge on any atom is -0.462 e. The van der Waals surface area contributed by atoms with Crippen molar-refractivity contribution < 1.29 is 18.8 Å². The molecule has 1 fully saturated rings. The van der Waals surface area contributed by atoms with E-state index in [4.69, 9.17) is 9.47 Å². The summed E-state index contributed by atoms with van der Waals surface area (Å²) in [4.78, 5) is 11.7. The third kappa shape index (κ3) is 5.15. The van der Waals surface area contributed by atoms with Gasteiger partial charge in [-0.2, -0.15) is 0 Å². The number of nitrogens with zero attached hydrogens (tertiary/aromatic N) is 1. The molecule has 3 unspecified atom stereocenters. The van der Waals surface area contributed by atoms with Gasteiger partial charge in [0.05, 0.1) is 18.8 Å². The first-order chi connectivity index (χ1) is 8.95. The van der Waals surface area contributed by atoms with Crippen LogP contribution in [0, 0.1) is 0 Å². The number of carbonyl (C=O) groups is 1. The SMILES string of the molecule is COCC1CCCN1[P+](=O)NC(C)C(=O)OC(C)C. The first kappa shape index (κ1) is 16.5. The summed E-state index contributed by atoms with van der Waals surface area (Å²) in [6, 6.07) is -0.413. The van der Waals surface area contributed by atoms with Crippen LogP contribution in [0.15, 0.2) is 0 Å². The molecular formula is C12H24N2O4P+. The van der Waals surface area contributed by atoms with Crippen LogP contribution in [0.1, 0.15) is 33.6 Å². The van der Waals surface area contributed by atoms with E-state index in [1.807, 2.05) is 4.67 Å². The number of nitrogens with one attached hydrogen (secondary N) is 1. The second-order valence-corrected chi connectivity index (χ2v) is 6.34. The Hall–Kier alpha value is -0.550. The first-order valence-corrected chi connectivity index (χ1v) is 7.86. The van der Waals surface area contributed by atoms with Crippen molar-refractivity contribution >= 4 is 14.1 Å². The Morgan fingerprint density at radius 1 is 1.47 bits per heavy atom. The lowest BCUT2D eigenvalue weighted by Crippen LogP contribution is -2.37. The lowest BCUT2D eigenvalue weighted by molar-refractivity contribution is -0.148. The van der Waals surface area contributed by atoms with Crippen LogP contribution in [0.25, 0.3) is 0 Å². The quantitative estimate of drug-likeness (QED) is 0.568. The van der Waals surface area contributed by atoms with Crippen LogP contribution in [0.5, 0.6) is 0 Å². The van der Waals surface area contributed by atoms with Gasteiger partial charge in [-0.1, -0.05) is 9.76 Å². The lowest BCUT2D eigenvalue weighted by Gasteiger charge is -2.15. The van der Waals surface area contributed by atoms with Gasteiger partial charge < -0.3 is 9.47 Å². The molecule has 0 radical (unpaired) electrons. The number of ether oxygens (including phenoxy) is 2.